The second-order valence-electron chi connectivity index (χ2n) is 3.22. The van der Waals surface area contributed by atoms with Crippen LogP contribution in [0.3, 0.4) is 0 Å². The molecule has 0 saturated carbocycles. The lowest BCUT2D eigenvalue weighted by atomic mass is 10.1. The molecule has 0 amide bonds. The zero-order valence-electron chi connectivity index (χ0n) is 7.98. The van der Waals surface area contributed by atoms with E-state index in [1.165, 1.54) is 6.07 Å². The van der Waals surface area contributed by atoms with Crippen LogP contribution in [0.4, 0.5) is 4.39 Å². The van der Waals surface area contributed by atoms with Gasteiger partial charge in [0, 0.05) is 26.2 Å². The average molecular weight is 276 g/mol. The highest BCUT2D eigenvalue weighted by atomic mass is 35.5. The Balaban J connectivity index is 2.68. The molecule has 16 heavy (non-hydrogen) atoms. The standard InChI is InChI=1S/C12H6Cl3F/c13-7-4-5-8(11(16)6-7)12-9(14)2-1-3-10(12)15/h1-6H. The number of hydrogen-bond acceptors (Lipinski definition) is 0. The van der Waals surface area contributed by atoms with Crippen molar-refractivity contribution in [1.29, 1.82) is 0 Å². The molecule has 0 saturated heterocycles. The van der Waals surface area contributed by atoms with Gasteiger partial charge in [-0.25, -0.2) is 4.39 Å². The molecule has 0 radical (unpaired) electrons. The lowest BCUT2D eigenvalue weighted by Gasteiger charge is -2.08. The van der Waals surface area contributed by atoms with E-state index in [1.807, 2.05) is 0 Å². The van der Waals surface area contributed by atoms with Gasteiger partial charge in [-0.2, -0.15) is 0 Å². The van der Waals surface area contributed by atoms with E-state index in [2.05, 4.69) is 0 Å². The third kappa shape index (κ3) is 2.17. The summed E-state index contributed by atoms with van der Waals surface area (Å²) in [7, 11) is 0. The molecular weight excluding hydrogens is 269 g/mol. The molecule has 0 aliphatic carbocycles. The van der Waals surface area contributed by atoms with Gasteiger partial charge in [-0.15, -0.1) is 0 Å². The van der Waals surface area contributed by atoms with Gasteiger partial charge >= 0.3 is 0 Å². The van der Waals surface area contributed by atoms with E-state index in [0.717, 1.165) is 0 Å². The lowest BCUT2D eigenvalue weighted by molar-refractivity contribution is 0.631. The van der Waals surface area contributed by atoms with Crippen LogP contribution < -0.4 is 0 Å². The Morgan fingerprint density at radius 1 is 0.875 bits per heavy atom. The van der Waals surface area contributed by atoms with Crippen LogP contribution in [0.25, 0.3) is 11.1 Å². The van der Waals surface area contributed by atoms with Crippen LogP contribution in [0.15, 0.2) is 36.4 Å². The second kappa shape index (κ2) is 4.62. The van der Waals surface area contributed by atoms with Crippen molar-refractivity contribution in [1.82, 2.24) is 0 Å². The monoisotopic (exact) mass is 274 g/mol. The first-order chi connectivity index (χ1) is 7.59. The minimum absolute atomic E-state index is 0.337. The van der Waals surface area contributed by atoms with Gasteiger partial charge < -0.3 is 0 Å². The molecule has 4 heteroatoms. The number of benzene rings is 2. The first kappa shape index (κ1) is 11.7. The van der Waals surface area contributed by atoms with Gasteiger partial charge in [-0.05, 0) is 30.3 Å². The molecule has 0 heterocycles. The highest BCUT2D eigenvalue weighted by Crippen LogP contribution is 2.36. The SMILES string of the molecule is Fc1cc(Cl)ccc1-c1c(Cl)cccc1Cl. The van der Waals surface area contributed by atoms with Crippen LogP contribution in [-0.4, -0.2) is 0 Å². The Hall–Kier alpha value is -0.760. The molecular formula is C12H6Cl3F. The third-order valence-corrected chi connectivity index (χ3v) is 3.03. The normalized spacial score (nSPS) is 10.5. The molecule has 0 nitrogen and oxygen atoms in total. The summed E-state index contributed by atoms with van der Waals surface area (Å²) < 4.78 is 13.7. The molecule has 82 valence electrons. The van der Waals surface area contributed by atoms with Gasteiger partial charge in [0.25, 0.3) is 0 Å². The van der Waals surface area contributed by atoms with E-state index in [0.29, 0.717) is 26.2 Å². The average Bonchev–Trinajstić information content (AvgIpc) is 2.20. The van der Waals surface area contributed by atoms with Gasteiger partial charge in [0.2, 0.25) is 0 Å². The molecule has 0 bridgehead atoms. The molecule has 0 aliphatic rings. The first-order valence-corrected chi connectivity index (χ1v) is 5.62. The van der Waals surface area contributed by atoms with Gasteiger partial charge in [0.1, 0.15) is 5.82 Å². The minimum atomic E-state index is -0.442. The van der Waals surface area contributed by atoms with Crippen LogP contribution >= 0.6 is 34.8 Å². The highest BCUT2D eigenvalue weighted by Gasteiger charge is 2.12. The van der Waals surface area contributed by atoms with Crippen LogP contribution in [0.1, 0.15) is 0 Å². The van der Waals surface area contributed by atoms with Crippen LogP contribution in [0.2, 0.25) is 15.1 Å². The van der Waals surface area contributed by atoms with Crippen LogP contribution in [0, 0.1) is 5.82 Å². The number of hydrogen-bond donors (Lipinski definition) is 0. The predicted octanol–water partition coefficient (Wildman–Crippen LogP) is 5.45. The van der Waals surface area contributed by atoms with Gasteiger partial charge in [-0.3, -0.25) is 0 Å². The van der Waals surface area contributed by atoms with Crippen molar-refractivity contribution in [3.8, 4) is 11.1 Å². The summed E-state index contributed by atoms with van der Waals surface area (Å²) in [5.74, 6) is -0.442. The molecule has 0 spiro atoms. The van der Waals surface area contributed by atoms with Gasteiger partial charge in [-0.1, -0.05) is 40.9 Å². The summed E-state index contributed by atoms with van der Waals surface area (Å²) in [6.45, 7) is 0. The topological polar surface area (TPSA) is 0 Å². The van der Waals surface area contributed by atoms with Crippen molar-refractivity contribution in [3.63, 3.8) is 0 Å². The van der Waals surface area contributed by atoms with Crippen LogP contribution in [-0.2, 0) is 0 Å². The third-order valence-electron chi connectivity index (χ3n) is 2.16. The van der Waals surface area contributed by atoms with E-state index in [-0.39, 0.29) is 0 Å². The van der Waals surface area contributed by atoms with E-state index >= 15 is 0 Å². The molecule has 0 N–H and O–H groups in total. The second-order valence-corrected chi connectivity index (χ2v) is 4.47. The maximum atomic E-state index is 13.7. The Morgan fingerprint density at radius 3 is 2.06 bits per heavy atom. The zero-order chi connectivity index (χ0) is 11.7. The molecule has 0 aliphatic heterocycles. The molecule has 2 rings (SSSR count). The smallest absolute Gasteiger partial charge is 0.132 e. The Labute approximate surface area is 108 Å². The maximum absolute atomic E-state index is 13.7. The first-order valence-electron chi connectivity index (χ1n) is 4.49. The lowest BCUT2D eigenvalue weighted by Crippen LogP contribution is -1.86. The van der Waals surface area contributed by atoms with Crippen molar-refractivity contribution in [2.24, 2.45) is 0 Å². The molecule has 0 aromatic heterocycles. The highest BCUT2D eigenvalue weighted by molar-refractivity contribution is 6.39. The summed E-state index contributed by atoms with van der Waals surface area (Å²) in [6.07, 6.45) is 0. The van der Waals surface area contributed by atoms with E-state index in [9.17, 15) is 4.39 Å². The molecule has 0 unspecified atom stereocenters. The zero-order valence-corrected chi connectivity index (χ0v) is 10.2. The summed E-state index contributed by atoms with van der Waals surface area (Å²) in [6, 6.07) is 9.43. The summed E-state index contributed by atoms with van der Waals surface area (Å²) >= 11 is 17.7. The van der Waals surface area contributed by atoms with Crippen molar-refractivity contribution in [2.75, 3.05) is 0 Å². The number of rotatable bonds is 1. The maximum Gasteiger partial charge on any atom is 0.132 e. The minimum Gasteiger partial charge on any atom is -0.206 e. The predicted molar refractivity (Wildman–Crippen MR) is 66.9 cm³/mol. The van der Waals surface area contributed by atoms with Crippen molar-refractivity contribution < 1.29 is 4.39 Å². The fourth-order valence-electron chi connectivity index (χ4n) is 1.45. The fourth-order valence-corrected chi connectivity index (χ4v) is 2.21. The molecule has 0 fully saturated rings. The summed E-state index contributed by atoms with van der Waals surface area (Å²) in [4.78, 5) is 0. The molecule has 2 aromatic rings. The Kier molecular flexibility index (Phi) is 3.38. The fraction of sp³-hybridized carbons (Fsp3) is 0. The van der Waals surface area contributed by atoms with Crippen LogP contribution in [0.5, 0.6) is 0 Å². The van der Waals surface area contributed by atoms with E-state index in [1.54, 1.807) is 30.3 Å². The largest absolute Gasteiger partial charge is 0.206 e. The quantitative estimate of drug-likeness (QED) is 0.649. The molecule has 0 atom stereocenters. The summed E-state index contributed by atoms with van der Waals surface area (Å²) in [5, 5.41) is 1.16. The van der Waals surface area contributed by atoms with Crippen molar-refractivity contribution >= 4 is 34.8 Å². The van der Waals surface area contributed by atoms with Gasteiger partial charge in [0.15, 0.2) is 0 Å². The summed E-state index contributed by atoms with van der Waals surface area (Å²) in [5.41, 5.74) is 0.833. The molecule has 2 aromatic carbocycles. The Bertz CT molecular complexity index is 518. The van der Waals surface area contributed by atoms with E-state index in [4.69, 9.17) is 34.8 Å². The van der Waals surface area contributed by atoms with Crippen molar-refractivity contribution in [2.45, 2.75) is 0 Å². The Morgan fingerprint density at radius 2 is 1.50 bits per heavy atom. The van der Waals surface area contributed by atoms with Gasteiger partial charge in [0.05, 0.1) is 0 Å². The van der Waals surface area contributed by atoms with Crippen molar-refractivity contribution in [3.05, 3.63) is 57.3 Å². The number of halogens is 4. The van der Waals surface area contributed by atoms with E-state index < -0.39 is 5.82 Å².